The van der Waals surface area contributed by atoms with Crippen molar-refractivity contribution in [3.8, 4) is 0 Å². The highest BCUT2D eigenvalue weighted by Crippen LogP contribution is 2.18. The van der Waals surface area contributed by atoms with Gasteiger partial charge in [-0.25, -0.2) is 9.97 Å². The Balaban J connectivity index is 2.21. The Hall–Kier alpha value is -1.36. The standard InChI is InChI=1S/C11H18N4O/c1-8-7-15(4-5-16-8)11-6-10(12-3)13-9(2)14-11/h6,8H,4-5,7H2,1-3H3,(H,12,13,14). The number of anilines is 2. The van der Waals surface area contributed by atoms with Gasteiger partial charge in [-0.3, -0.25) is 0 Å². The van der Waals surface area contributed by atoms with Crippen LogP contribution < -0.4 is 10.2 Å². The van der Waals surface area contributed by atoms with Gasteiger partial charge in [0.1, 0.15) is 17.5 Å². The summed E-state index contributed by atoms with van der Waals surface area (Å²) in [6.07, 6.45) is 0.266. The number of rotatable bonds is 2. The fourth-order valence-electron chi connectivity index (χ4n) is 1.87. The van der Waals surface area contributed by atoms with E-state index in [4.69, 9.17) is 4.74 Å². The van der Waals surface area contributed by atoms with E-state index in [0.717, 1.165) is 37.2 Å². The zero-order valence-corrected chi connectivity index (χ0v) is 10.0. The van der Waals surface area contributed by atoms with E-state index >= 15 is 0 Å². The minimum atomic E-state index is 0.266. The SMILES string of the molecule is CNc1cc(N2CCOC(C)C2)nc(C)n1. The number of morpholine rings is 1. The van der Waals surface area contributed by atoms with Crippen molar-refractivity contribution in [1.29, 1.82) is 0 Å². The summed E-state index contributed by atoms with van der Waals surface area (Å²) in [5.41, 5.74) is 0. The highest BCUT2D eigenvalue weighted by Gasteiger charge is 2.18. The van der Waals surface area contributed by atoms with E-state index in [2.05, 4.69) is 27.1 Å². The van der Waals surface area contributed by atoms with Gasteiger partial charge in [-0.1, -0.05) is 0 Å². The van der Waals surface area contributed by atoms with Gasteiger partial charge in [0.25, 0.3) is 0 Å². The molecule has 88 valence electrons. The first-order valence-electron chi connectivity index (χ1n) is 5.59. The van der Waals surface area contributed by atoms with Crippen molar-refractivity contribution in [2.75, 3.05) is 37.0 Å². The lowest BCUT2D eigenvalue weighted by Gasteiger charge is -2.32. The topological polar surface area (TPSA) is 50.3 Å². The van der Waals surface area contributed by atoms with Gasteiger partial charge in [-0.05, 0) is 13.8 Å². The molecule has 16 heavy (non-hydrogen) atoms. The number of hydrogen-bond donors (Lipinski definition) is 1. The largest absolute Gasteiger partial charge is 0.375 e. The lowest BCUT2D eigenvalue weighted by atomic mass is 10.3. The summed E-state index contributed by atoms with van der Waals surface area (Å²) in [6.45, 7) is 6.54. The molecular formula is C11H18N4O. The van der Waals surface area contributed by atoms with E-state index < -0.39 is 0 Å². The van der Waals surface area contributed by atoms with Gasteiger partial charge in [0.05, 0.1) is 12.7 Å². The fourth-order valence-corrected chi connectivity index (χ4v) is 1.87. The highest BCUT2D eigenvalue weighted by molar-refractivity contribution is 5.49. The van der Waals surface area contributed by atoms with Crippen LogP contribution >= 0.6 is 0 Å². The summed E-state index contributed by atoms with van der Waals surface area (Å²) < 4.78 is 5.52. The number of hydrogen-bond acceptors (Lipinski definition) is 5. The van der Waals surface area contributed by atoms with Gasteiger partial charge in [-0.15, -0.1) is 0 Å². The number of aromatic nitrogens is 2. The average molecular weight is 222 g/mol. The Morgan fingerprint density at radius 2 is 2.31 bits per heavy atom. The van der Waals surface area contributed by atoms with Crippen LogP contribution in [0.3, 0.4) is 0 Å². The first-order chi connectivity index (χ1) is 7.69. The summed E-state index contributed by atoms with van der Waals surface area (Å²) in [7, 11) is 1.87. The van der Waals surface area contributed by atoms with Crippen molar-refractivity contribution in [2.45, 2.75) is 20.0 Å². The molecule has 0 radical (unpaired) electrons. The number of nitrogens with one attached hydrogen (secondary N) is 1. The van der Waals surface area contributed by atoms with Gasteiger partial charge in [0.2, 0.25) is 0 Å². The molecule has 1 fully saturated rings. The van der Waals surface area contributed by atoms with Crippen molar-refractivity contribution < 1.29 is 4.74 Å². The monoisotopic (exact) mass is 222 g/mol. The second-order valence-electron chi connectivity index (χ2n) is 4.04. The lowest BCUT2D eigenvalue weighted by Crippen LogP contribution is -2.41. The predicted molar refractivity (Wildman–Crippen MR) is 63.9 cm³/mol. The molecule has 0 spiro atoms. The molecule has 2 heterocycles. The third-order valence-electron chi connectivity index (χ3n) is 2.65. The summed E-state index contributed by atoms with van der Waals surface area (Å²) >= 11 is 0. The molecule has 1 aromatic rings. The van der Waals surface area contributed by atoms with Crippen LogP contribution in [0.5, 0.6) is 0 Å². The van der Waals surface area contributed by atoms with Crippen LogP contribution in [-0.2, 0) is 4.74 Å². The maximum absolute atomic E-state index is 5.52. The van der Waals surface area contributed by atoms with E-state index in [1.54, 1.807) is 0 Å². The molecular weight excluding hydrogens is 204 g/mol. The maximum atomic E-state index is 5.52. The van der Waals surface area contributed by atoms with Crippen molar-refractivity contribution in [1.82, 2.24) is 9.97 Å². The van der Waals surface area contributed by atoms with E-state index in [0.29, 0.717) is 0 Å². The fraction of sp³-hybridized carbons (Fsp3) is 0.636. The molecule has 1 unspecified atom stereocenters. The zero-order chi connectivity index (χ0) is 11.5. The van der Waals surface area contributed by atoms with Crippen LogP contribution in [0, 0.1) is 6.92 Å². The summed E-state index contributed by atoms with van der Waals surface area (Å²) in [5, 5.41) is 3.05. The zero-order valence-electron chi connectivity index (χ0n) is 10.0. The number of ether oxygens (including phenoxy) is 1. The molecule has 0 aliphatic carbocycles. The number of aryl methyl sites for hydroxylation is 1. The third kappa shape index (κ3) is 2.41. The van der Waals surface area contributed by atoms with Gasteiger partial charge in [0, 0.05) is 26.2 Å². The van der Waals surface area contributed by atoms with E-state index in [9.17, 15) is 0 Å². The molecule has 0 bridgehead atoms. The van der Waals surface area contributed by atoms with Crippen LogP contribution in [0.1, 0.15) is 12.7 Å². The Labute approximate surface area is 95.8 Å². The van der Waals surface area contributed by atoms with E-state index in [1.165, 1.54) is 0 Å². The Kier molecular flexibility index (Phi) is 3.24. The quantitative estimate of drug-likeness (QED) is 0.810. The van der Waals surface area contributed by atoms with Gasteiger partial charge < -0.3 is 15.0 Å². The smallest absolute Gasteiger partial charge is 0.134 e. The van der Waals surface area contributed by atoms with E-state index in [-0.39, 0.29) is 6.10 Å². The third-order valence-corrected chi connectivity index (χ3v) is 2.65. The molecule has 1 saturated heterocycles. The molecule has 2 rings (SSSR count). The normalized spacial score (nSPS) is 20.9. The minimum absolute atomic E-state index is 0.266. The maximum Gasteiger partial charge on any atom is 0.134 e. The molecule has 1 aliphatic rings. The van der Waals surface area contributed by atoms with Gasteiger partial charge in [0.15, 0.2) is 0 Å². The molecule has 1 atom stereocenters. The minimum Gasteiger partial charge on any atom is -0.375 e. The molecule has 5 nitrogen and oxygen atoms in total. The summed E-state index contributed by atoms with van der Waals surface area (Å²) in [4.78, 5) is 11.0. The molecule has 0 saturated carbocycles. The molecule has 0 amide bonds. The Bertz CT molecular complexity index is 369. The molecule has 1 aliphatic heterocycles. The van der Waals surface area contributed by atoms with Crippen LogP contribution in [-0.4, -0.2) is 42.8 Å². The molecule has 1 N–H and O–H groups in total. The Morgan fingerprint density at radius 1 is 1.50 bits per heavy atom. The molecule has 1 aromatic heterocycles. The summed E-state index contributed by atoms with van der Waals surface area (Å²) in [6, 6.07) is 1.98. The Morgan fingerprint density at radius 3 is 3.00 bits per heavy atom. The van der Waals surface area contributed by atoms with Gasteiger partial charge >= 0.3 is 0 Å². The van der Waals surface area contributed by atoms with Crippen LogP contribution in [0.4, 0.5) is 11.6 Å². The highest BCUT2D eigenvalue weighted by atomic mass is 16.5. The summed E-state index contributed by atoms with van der Waals surface area (Å²) in [5.74, 6) is 2.63. The average Bonchev–Trinajstić information content (AvgIpc) is 2.28. The first kappa shape index (κ1) is 11.1. The van der Waals surface area contributed by atoms with Crippen LogP contribution in [0.2, 0.25) is 0 Å². The second-order valence-corrected chi connectivity index (χ2v) is 4.04. The van der Waals surface area contributed by atoms with Crippen molar-refractivity contribution in [2.24, 2.45) is 0 Å². The van der Waals surface area contributed by atoms with Crippen LogP contribution in [0.15, 0.2) is 6.07 Å². The van der Waals surface area contributed by atoms with Crippen molar-refractivity contribution in [3.63, 3.8) is 0 Å². The van der Waals surface area contributed by atoms with E-state index in [1.807, 2.05) is 20.0 Å². The molecule has 5 heteroatoms. The lowest BCUT2D eigenvalue weighted by molar-refractivity contribution is 0.0529. The molecule has 0 aromatic carbocycles. The predicted octanol–water partition coefficient (Wildman–Crippen LogP) is 1.05. The van der Waals surface area contributed by atoms with Crippen molar-refractivity contribution >= 4 is 11.6 Å². The van der Waals surface area contributed by atoms with Crippen LogP contribution in [0.25, 0.3) is 0 Å². The van der Waals surface area contributed by atoms with Crippen molar-refractivity contribution in [3.05, 3.63) is 11.9 Å². The first-order valence-corrected chi connectivity index (χ1v) is 5.59. The second kappa shape index (κ2) is 4.65. The van der Waals surface area contributed by atoms with Gasteiger partial charge in [-0.2, -0.15) is 0 Å². The number of nitrogens with zero attached hydrogens (tertiary/aromatic N) is 3.